The van der Waals surface area contributed by atoms with Gasteiger partial charge in [-0.1, -0.05) is 162 Å². The summed E-state index contributed by atoms with van der Waals surface area (Å²) in [6.07, 6.45) is 31.6. The molecule has 0 saturated heterocycles. The molecule has 0 saturated carbocycles. The maximum absolute atomic E-state index is 4.39. The number of hydrogen-bond donors (Lipinski definition) is 0. The van der Waals surface area contributed by atoms with E-state index in [9.17, 15) is 0 Å². The van der Waals surface area contributed by atoms with E-state index in [4.69, 9.17) is 0 Å². The lowest BCUT2D eigenvalue weighted by atomic mass is 9.95. The zero-order chi connectivity index (χ0) is 19.1. The van der Waals surface area contributed by atoms with Crippen LogP contribution in [0, 0.1) is 12.8 Å². The Labute approximate surface area is 168 Å². The van der Waals surface area contributed by atoms with Gasteiger partial charge in [0, 0.05) is 0 Å². The Kier molecular flexibility index (Phi) is 23.0. The first-order valence-corrected chi connectivity index (χ1v) is 12.6. The first-order chi connectivity index (χ1) is 12.8. The molecule has 0 nitrogen and oxygen atoms in total. The maximum atomic E-state index is 4.39. The lowest BCUT2D eigenvalue weighted by molar-refractivity contribution is 0.459. The first-order valence-electron chi connectivity index (χ1n) is 12.6. The summed E-state index contributed by atoms with van der Waals surface area (Å²) in [6.45, 7) is 8.99. The first kappa shape index (κ1) is 26.0. The molecule has 0 unspecified atom stereocenters. The lowest BCUT2D eigenvalue weighted by Gasteiger charge is -2.11. The van der Waals surface area contributed by atoms with E-state index in [1.807, 2.05) is 0 Å². The smallest absolute Gasteiger partial charge is 0.0414 e. The van der Waals surface area contributed by atoms with Crippen LogP contribution >= 0.6 is 0 Å². The average Bonchev–Trinajstić information content (AvgIpc) is 2.64. The molecule has 0 aromatic rings. The third-order valence-corrected chi connectivity index (χ3v) is 5.93. The summed E-state index contributed by atoms with van der Waals surface area (Å²) in [5.41, 5.74) is 0. The monoisotopic (exact) mass is 365 g/mol. The molecule has 0 aliphatic rings. The summed E-state index contributed by atoms with van der Waals surface area (Å²) >= 11 is 0. The highest BCUT2D eigenvalue weighted by Gasteiger charge is 2.02. The molecule has 0 aromatic heterocycles. The van der Waals surface area contributed by atoms with Crippen molar-refractivity contribution in [2.24, 2.45) is 5.92 Å². The second kappa shape index (κ2) is 23.0. The average molecular weight is 366 g/mol. The Morgan fingerprint density at radius 2 is 0.615 bits per heavy atom. The molecule has 0 amide bonds. The van der Waals surface area contributed by atoms with Crippen molar-refractivity contribution in [1.82, 2.24) is 0 Å². The van der Waals surface area contributed by atoms with Crippen molar-refractivity contribution in [3.05, 3.63) is 6.92 Å². The molecule has 0 aliphatic heterocycles. The fourth-order valence-electron chi connectivity index (χ4n) is 3.99. The van der Waals surface area contributed by atoms with Gasteiger partial charge in [-0.3, -0.25) is 0 Å². The Morgan fingerprint density at radius 3 is 0.885 bits per heavy atom. The molecular formula is C26H53. The highest BCUT2D eigenvalue weighted by atomic mass is 14.1. The number of unbranched alkanes of at least 4 members (excludes halogenated alkanes) is 18. The second-order valence-electron chi connectivity index (χ2n) is 8.81. The Hall–Kier alpha value is 0. The van der Waals surface area contributed by atoms with Crippen LogP contribution in [0.1, 0.15) is 155 Å². The molecule has 0 rings (SSSR count). The zero-order valence-electron chi connectivity index (χ0n) is 18.8. The van der Waals surface area contributed by atoms with Gasteiger partial charge in [0.2, 0.25) is 0 Å². The van der Waals surface area contributed by atoms with Gasteiger partial charge in [0.15, 0.2) is 0 Å². The molecule has 0 N–H and O–H groups in total. The van der Waals surface area contributed by atoms with E-state index in [0.717, 1.165) is 5.92 Å². The van der Waals surface area contributed by atoms with Gasteiger partial charge in [-0.05, 0) is 5.92 Å². The van der Waals surface area contributed by atoms with Crippen LogP contribution < -0.4 is 0 Å². The van der Waals surface area contributed by atoms with Gasteiger partial charge in [0.1, 0.15) is 0 Å². The highest BCUT2D eigenvalue weighted by molar-refractivity contribution is 4.62. The lowest BCUT2D eigenvalue weighted by Crippen LogP contribution is -1.95. The van der Waals surface area contributed by atoms with E-state index < -0.39 is 0 Å². The molecule has 0 heterocycles. The van der Waals surface area contributed by atoms with Crippen LogP contribution in [-0.2, 0) is 0 Å². The summed E-state index contributed by atoms with van der Waals surface area (Å²) < 4.78 is 0. The van der Waals surface area contributed by atoms with Gasteiger partial charge in [0.05, 0.1) is 0 Å². The Bertz CT molecular complexity index is 208. The molecule has 0 aliphatic carbocycles. The molecule has 0 aromatic carbocycles. The SMILES string of the molecule is [CH2]C(CCCCCCCCCCCC)CCCCCCCCCCCC. The summed E-state index contributed by atoms with van der Waals surface area (Å²) in [5, 5.41) is 0. The van der Waals surface area contributed by atoms with Gasteiger partial charge in [-0.25, -0.2) is 0 Å². The van der Waals surface area contributed by atoms with Gasteiger partial charge >= 0.3 is 0 Å². The fourth-order valence-corrected chi connectivity index (χ4v) is 3.99. The van der Waals surface area contributed by atoms with Crippen LogP contribution in [0.25, 0.3) is 0 Å². The van der Waals surface area contributed by atoms with Crippen molar-refractivity contribution < 1.29 is 0 Å². The van der Waals surface area contributed by atoms with E-state index in [0.29, 0.717) is 0 Å². The minimum absolute atomic E-state index is 0.720. The number of rotatable bonds is 22. The van der Waals surface area contributed by atoms with E-state index in [1.165, 1.54) is 141 Å². The van der Waals surface area contributed by atoms with Gasteiger partial charge in [0.25, 0.3) is 0 Å². The molecule has 0 bridgehead atoms. The van der Waals surface area contributed by atoms with Crippen LogP contribution in [0.2, 0.25) is 0 Å². The molecule has 0 atom stereocenters. The minimum atomic E-state index is 0.720. The minimum Gasteiger partial charge on any atom is -0.0654 e. The van der Waals surface area contributed by atoms with Crippen LogP contribution in [0.4, 0.5) is 0 Å². The van der Waals surface area contributed by atoms with E-state index in [1.54, 1.807) is 0 Å². The standard InChI is InChI=1S/C26H53/c1-4-6-8-10-12-14-16-18-20-22-24-26(3)25-23-21-19-17-15-13-11-9-7-5-2/h26H,3-25H2,1-2H3. The Balaban J connectivity index is 3.12. The van der Waals surface area contributed by atoms with Crippen molar-refractivity contribution in [2.45, 2.75) is 155 Å². The predicted molar refractivity (Wildman–Crippen MR) is 122 cm³/mol. The van der Waals surface area contributed by atoms with Crippen LogP contribution in [-0.4, -0.2) is 0 Å². The van der Waals surface area contributed by atoms with Crippen LogP contribution in [0.5, 0.6) is 0 Å². The zero-order valence-corrected chi connectivity index (χ0v) is 18.8. The largest absolute Gasteiger partial charge is 0.0654 e. The summed E-state index contributed by atoms with van der Waals surface area (Å²) in [5.74, 6) is 0.720. The van der Waals surface area contributed by atoms with Crippen molar-refractivity contribution in [2.75, 3.05) is 0 Å². The van der Waals surface area contributed by atoms with Gasteiger partial charge < -0.3 is 0 Å². The molecule has 0 spiro atoms. The summed E-state index contributed by atoms with van der Waals surface area (Å²) in [6, 6.07) is 0. The van der Waals surface area contributed by atoms with E-state index >= 15 is 0 Å². The topological polar surface area (TPSA) is 0 Å². The summed E-state index contributed by atoms with van der Waals surface area (Å²) in [4.78, 5) is 0. The molecule has 157 valence electrons. The normalized spacial score (nSPS) is 11.5. The third-order valence-electron chi connectivity index (χ3n) is 5.93. The summed E-state index contributed by atoms with van der Waals surface area (Å²) in [7, 11) is 0. The van der Waals surface area contributed by atoms with E-state index in [2.05, 4.69) is 20.8 Å². The predicted octanol–water partition coefficient (Wildman–Crippen LogP) is 10.1. The van der Waals surface area contributed by atoms with Crippen molar-refractivity contribution in [3.63, 3.8) is 0 Å². The van der Waals surface area contributed by atoms with Gasteiger partial charge in [-0.2, -0.15) is 0 Å². The van der Waals surface area contributed by atoms with Crippen LogP contribution in [0.15, 0.2) is 0 Å². The van der Waals surface area contributed by atoms with Crippen molar-refractivity contribution in [3.8, 4) is 0 Å². The second-order valence-corrected chi connectivity index (χ2v) is 8.81. The molecule has 0 heteroatoms. The molecule has 26 heavy (non-hydrogen) atoms. The fraction of sp³-hybridized carbons (Fsp3) is 0.962. The van der Waals surface area contributed by atoms with Crippen molar-refractivity contribution >= 4 is 0 Å². The van der Waals surface area contributed by atoms with E-state index in [-0.39, 0.29) is 0 Å². The van der Waals surface area contributed by atoms with Gasteiger partial charge in [-0.15, -0.1) is 0 Å². The van der Waals surface area contributed by atoms with Crippen molar-refractivity contribution in [1.29, 1.82) is 0 Å². The maximum Gasteiger partial charge on any atom is -0.0414 e. The number of hydrogen-bond acceptors (Lipinski definition) is 0. The third kappa shape index (κ3) is 22.0. The molecule has 1 radical (unpaired) electrons. The van der Waals surface area contributed by atoms with Crippen LogP contribution in [0.3, 0.4) is 0 Å². The highest BCUT2D eigenvalue weighted by Crippen LogP contribution is 2.19. The quantitative estimate of drug-likeness (QED) is 0.167. The Morgan fingerprint density at radius 1 is 0.385 bits per heavy atom. The molecule has 0 fully saturated rings. The molecular weight excluding hydrogens is 312 g/mol.